The molecule has 2 aliphatic carbocycles. The third-order valence-corrected chi connectivity index (χ3v) is 10.9. The van der Waals surface area contributed by atoms with Gasteiger partial charge in [0.15, 0.2) is 0 Å². The topological polar surface area (TPSA) is 167 Å². The molecule has 2 heterocycles. The highest BCUT2D eigenvalue weighted by Gasteiger charge is 2.49. The van der Waals surface area contributed by atoms with Gasteiger partial charge in [-0.15, -0.1) is 6.58 Å². The lowest BCUT2D eigenvalue weighted by molar-refractivity contribution is -0.146. The largest absolute Gasteiger partial charge is 0.346 e. The first-order valence-electron chi connectivity index (χ1n) is 19.1. The Labute approximate surface area is 309 Å². The molecule has 5 amide bonds. The Bertz CT molecular complexity index is 1460. The number of rotatable bonds is 16. The van der Waals surface area contributed by atoms with E-state index in [1.165, 1.54) is 12.3 Å². The molecule has 12 nitrogen and oxygen atoms in total. The van der Waals surface area contributed by atoms with Crippen LogP contribution in [-0.2, 0) is 24.0 Å². The minimum Gasteiger partial charge on any atom is -0.346 e. The summed E-state index contributed by atoms with van der Waals surface area (Å²) in [7, 11) is 0. The number of carbonyl (C=O) groups is 6. The highest BCUT2D eigenvalue weighted by molar-refractivity contribution is 6.38. The van der Waals surface area contributed by atoms with Crippen LogP contribution >= 0.6 is 0 Å². The van der Waals surface area contributed by atoms with Crippen LogP contribution in [0.2, 0.25) is 0 Å². The van der Waals surface area contributed by atoms with Gasteiger partial charge in [0.25, 0.3) is 11.8 Å². The van der Waals surface area contributed by atoms with Gasteiger partial charge < -0.3 is 26.2 Å². The fourth-order valence-corrected chi connectivity index (χ4v) is 7.85. The zero-order valence-corrected chi connectivity index (χ0v) is 32.0. The first-order chi connectivity index (χ1) is 24.6. The fourth-order valence-electron chi connectivity index (χ4n) is 7.85. The predicted octanol–water partition coefficient (Wildman–Crippen LogP) is 4.10. The van der Waals surface area contributed by atoms with Crippen LogP contribution in [0.4, 0.5) is 0 Å². The summed E-state index contributed by atoms with van der Waals surface area (Å²) < 4.78 is 0. The molecule has 0 aromatic carbocycles. The lowest BCUT2D eigenvalue weighted by Gasteiger charge is -2.42. The summed E-state index contributed by atoms with van der Waals surface area (Å²) in [5.74, 6) is -2.93. The molecule has 1 aliphatic heterocycles. The average Bonchev–Trinajstić information content (AvgIpc) is 3.83. The standard InChI is InChI=1S/C40H60N6O6/c1-8-19-42-36(50)31(47)29(23-26-14-15-26)43-35(49)30-27(22-25(2)3)16-21-46(30)38(52)33(39(4,5)6)45-37(51)32(40(7)17-10-9-11-18-40)44-34(48)28-13-12-20-41-24-28/h8,12-13,20,24-27,29-30,32-33H,1,9-11,14-19,21-23H2,2-7H3,(H,42,50)(H,43,49)(H,44,48)(H,45,51)/t27-,29?,30+,32-,33-/m1/s1. The molecule has 0 radical (unpaired) electrons. The van der Waals surface area contributed by atoms with Gasteiger partial charge in [0.05, 0.1) is 11.6 Å². The second kappa shape index (κ2) is 17.6. The highest BCUT2D eigenvalue weighted by Crippen LogP contribution is 2.40. The zero-order chi connectivity index (χ0) is 38.2. The molecule has 4 rings (SSSR count). The number of ketones is 1. The Morgan fingerprint density at radius 2 is 1.69 bits per heavy atom. The quantitative estimate of drug-likeness (QED) is 0.147. The molecule has 1 aromatic rings. The van der Waals surface area contributed by atoms with Gasteiger partial charge in [0.1, 0.15) is 18.1 Å². The number of hydrogen-bond acceptors (Lipinski definition) is 7. The molecule has 1 aromatic heterocycles. The molecule has 3 fully saturated rings. The summed E-state index contributed by atoms with van der Waals surface area (Å²) in [5.41, 5.74) is -0.962. The van der Waals surface area contributed by atoms with Crippen molar-refractivity contribution in [2.45, 2.75) is 130 Å². The monoisotopic (exact) mass is 720 g/mol. The summed E-state index contributed by atoms with van der Waals surface area (Å²) in [6, 6.07) is -0.528. The Hall–Kier alpha value is -4.09. The molecule has 4 N–H and O–H groups in total. The number of pyridine rings is 1. The van der Waals surface area contributed by atoms with Crippen LogP contribution < -0.4 is 21.3 Å². The number of carbonyl (C=O) groups excluding carboxylic acids is 6. The van der Waals surface area contributed by atoms with E-state index in [-0.39, 0.29) is 24.3 Å². The van der Waals surface area contributed by atoms with E-state index in [4.69, 9.17) is 0 Å². The Morgan fingerprint density at radius 1 is 1.00 bits per heavy atom. The lowest BCUT2D eigenvalue weighted by atomic mass is 9.70. The van der Waals surface area contributed by atoms with Crippen molar-refractivity contribution in [2.24, 2.45) is 28.6 Å². The van der Waals surface area contributed by atoms with Gasteiger partial charge in [0, 0.05) is 25.5 Å². The highest BCUT2D eigenvalue weighted by atomic mass is 16.2. The van der Waals surface area contributed by atoms with Crippen LogP contribution in [-0.4, -0.2) is 82.5 Å². The summed E-state index contributed by atoms with van der Waals surface area (Å²) >= 11 is 0. The van der Waals surface area contributed by atoms with E-state index in [9.17, 15) is 28.8 Å². The number of nitrogens with one attached hydrogen (secondary N) is 4. The van der Waals surface area contributed by atoms with Crippen molar-refractivity contribution in [1.82, 2.24) is 31.2 Å². The van der Waals surface area contributed by atoms with E-state index in [1.54, 1.807) is 23.2 Å². The third kappa shape index (κ3) is 10.5. The van der Waals surface area contributed by atoms with Crippen molar-refractivity contribution in [3.05, 3.63) is 42.7 Å². The summed E-state index contributed by atoms with van der Waals surface area (Å²) in [6.07, 6.45) is 12.3. The van der Waals surface area contributed by atoms with Crippen LogP contribution in [0.1, 0.15) is 116 Å². The van der Waals surface area contributed by atoms with Gasteiger partial charge in [-0.3, -0.25) is 33.8 Å². The molecule has 0 spiro atoms. The molecule has 2 saturated carbocycles. The number of likely N-dealkylation sites (tertiary alicyclic amines) is 1. The zero-order valence-electron chi connectivity index (χ0n) is 32.0. The number of Topliss-reactive ketones (excluding diaryl/α,β-unsaturated/α-hetero) is 1. The SMILES string of the molecule is C=CCNC(=O)C(=O)C(CC1CC1)NC(=O)[C@@H]1[C@@H](CC(C)C)CCN1C(=O)[C@@H](NC(=O)[C@@H](NC(=O)c1cccnc1)C1(C)CCCCC1)C(C)(C)C. The van der Waals surface area contributed by atoms with Crippen molar-refractivity contribution in [1.29, 1.82) is 0 Å². The Morgan fingerprint density at radius 3 is 2.27 bits per heavy atom. The van der Waals surface area contributed by atoms with E-state index in [0.717, 1.165) is 44.9 Å². The maximum atomic E-state index is 14.7. The second-order valence-corrected chi connectivity index (χ2v) is 16.9. The van der Waals surface area contributed by atoms with E-state index in [1.807, 2.05) is 27.7 Å². The molecule has 0 bridgehead atoms. The van der Waals surface area contributed by atoms with Gasteiger partial charge in [-0.1, -0.05) is 79.7 Å². The predicted molar refractivity (Wildman–Crippen MR) is 199 cm³/mol. The minimum absolute atomic E-state index is 0.128. The molecule has 1 unspecified atom stereocenters. The first kappa shape index (κ1) is 40.7. The van der Waals surface area contributed by atoms with Crippen LogP contribution in [0, 0.1) is 28.6 Å². The van der Waals surface area contributed by atoms with E-state index in [0.29, 0.717) is 31.4 Å². The van der Waals surface area contributed by atoms with Crippen LogP contribution in [0.5, 0.6) is 0 Å². The second-order valence-electron chi connectivity index (χ2n) is 16.9. The lowest BCUT2D eigenvalue weighted by Crippen LogP contribution is -2.63. The van der Waals surface area contributed by atoms with Gasteiger partial charge in [0.2, 0.25) is 23.5 Å². The van der Waals surface area contributed by atoms with Crippen LogP contribution in [0.15, 0.2) is 37.2 Å². The summed E-state index contributed by atoms with van der Waals surface area (Å²) in [6.45, 7) is 15.8. The number of hydrogen-bond donors (Lipinski definition) is 4. The number of aromatic nitrogens is 1. The van der Waals surface area contributed by atoms with Gasteiger partial charge in [-0.2, -0.15) is 0 Å². The van der Waals surface area contributed by atoms with Crippen molar-refractivity contribution < 1.29 is 28.8 Å². The van der Waals surface area contributed by atoms with Gasteiger partial charge in [-0.05, 0) is 72.8 Å². The average molecular weight is 721 g/mol. The van der Waals surface area contributed by atoms with Crippen LogP contribution in [0.25, 0.3) is 0 Å². The number of amides is 5. The number of nitrogens with zero attached hydrogens (tertiary/aromatic N) is 2. The Kier molecular flexibility index (Phi) is 13.8. The summed E-state index contributed by atoms with van der Waals surface area (Å²) in [5, 5.41) is 11.5. The molecule has 286 valence electrons. The molecule has 12 heteroatoms. The molecule has 52 heavy (non-hydrogen) atoms. The molecule has 5 atom stereocenters. The van der Waals surface area contributed by atoms with Gasteiger partial charge in [-0.25, -0.2) is 0 Å². The van der Waals surface area contributed by atoms with Crippen molar-refractivity contribution in [3.63, 3.8) is 0 Å². The van der Waals surface area contributed by atoms with E-state index >= 15 is 0 Å². The summed E-state index contributed by atoms with van der Waals surface area (Å²) in [4.78, 5) is 88.4. The molecule has 1 saturated heterocycles. The van der Waals surface area contributed by atoms with Crippen LogP contribution in [0.3, 0.4) is 0 Å². The van der Waals surface area contributed by atoms with Crippen molar-refractivity contribution in [2.75, 3.05) is 13.1 Å². The first-order valence-corrected chi connectivity index (χ1v) is 19.1. The Balaban J connectivity index is 1.61. The molecule has 3 aliphatic rings. The third-order valence-electron chi connectivity index (χ3n) is 10.9. The van der Waals surface area contributed by atoms with E-state index in [2.05, 4.69) is 46.7 Å². The smallest absolute Gasteiger partial charge is 0.289 e. The van der Waals surface area contributed by atoms with E-state index < -0.39 is 70.3 Å². The maximum absolute atomic E-state index is 14.7. The van der Waals surface area contributed by atoms with Crippen molar-refractivity contribution in [3.8, 4) is 0 Å². The fraction of sp³-hybridized carbons (Fsp3) is 0.675. The minimum atomic E-state index is -1.02. The molecular weight excluding hydrogens is 660 g/mol. The van der Waals surface area contributed by atoms with Crippen molar-refractivity contribution >= 4 is 35.3 Å². The van der Waals surface area contributed by atoms with Gasteiger partial charge >= 0.3 is 0 Å². The molecular formula is C40H60N6O6. The maximum Gasteiger partial charge on any atom is 0.289 e. The normalized spacial score (nSPS) is 21.7.